The maximum absolute atomic E-state index is 12.0. The van der Waals surface area contributed by atoms with E-state index in [0.29, 0.717) is 5.69 Å². The molecule has 0 fully saturated rings. The van der Waals surface area contributed by atoms with Crippen molar-refractivity contribution in [2.24, 2.45) is 0 Å². The molecule has 0 aliphatic carbocycles. The van der Waals surface area contributed by atoms with Crippen LogP contribution in [0.2, 0.25) is 0 Å². The number of nitrogens with one attached hydrogen (secondary N) is 2. The molecule has 0 spiro atoms. The Kier molecular flexibility index (Phi) is 5.74. The van der Waals surface area contributed by atoms with Crippen LogP contribution >= 0.6 is 11.3 Å². The van der Waals surface area contributed by atoms with Gasteiger partial charge in [0.15, 0.2) is 0 Å². The molecule has 128 valence electrons. The molecule has 0 radical (unpaired) electrons. The normalized spacial score (nSPS) is 13.0. The minimum Gasteiger partial charge on any atom is -0.346 e. The predicted molar refractivity (Wildman–Crippen MR) is 97.4 cm³/mol. The number of carbonyl (C=O) groups excluding carboxylic acids is 1. The van der Waals surface area contributed by atoms with Gasteiger partial charge in [-0.1, -0.05) is 12.1 Å². The highest BCUT2D eigenvalue weighted by Gasteiger charge is 2.09. The lowest BCUT2D eigenvalue weighted by molar-refractivity contribution is -0.117. The third-order valence-corrected chi connectivity index (χ3v) is 4.49. The third-order valence-electron chi connectivity index (χ3n) is 3.09. The maximum Gasteiger partial charge on any atom is 0.244 e. The first-order valence-corrected chi connectivity index (χ1v) is 9.98. The summed E-state index contributed by atoms with van der Waals surface area (Å²) in [5, 5.41) is 5.66. The third kappa shape index (κ3) is 5.78. The number of thiazole rings is 1. The predicted octanol–water partition coefficient (Wildman–Crippen LogP) is 2.71. The Morgan fingerprint density at radius 2 is 2.12 bits per heavy atom. The van der Waals surface area contributed by atoms with Crippen molar-refractivity contribution in [3.05, 3.63) is 52.0 Å². The van der Waals surface area contributed by atoms with Crippen molar-refractivity contribution in [2.75, 3.05) is 11.0 Å². The number of nitrogens with zero attached hydrogens (tertiary/aromatic N) is 1. The zero-order valence-corrected chi connectivity index (χ0v) is 15.2. The number of hydrogen-bond donors (Lipinski definition) is 2. The molecule has 2 aromatic rings. The monoisotopic (exact) mass is 365 g/mol. The van der Waals surface area contributed by atoms with Crippen molar-refractivity contribution >= 4 is 39.0 Å². The lowest BCUT2D eigenvalue weighted by atomic mass is 10.1. The molecule has 0 saturated heterocycles. The number of amides is 1. The molecule has 1 atom stereocenters. The van der Waals surface area contributed by atoms with Crippen molar-refractivity contribution in [1.29, 1.82) is 0 Å². The Morgan fingerprint density at radius 3 is 2.75 bits per heavy atom. The van der Waals surface area contributed by atoms with Gasteiger partial charge in [-0.3, -0.25) is 9.52 Å². The first kappa shape index (κ1) is 18.2. The highest BCUT2D eigenvalue weighted by Crippen LogP contribution is 2.18. The van der Waals surface area contributed by atoms with Gasteiger partial charge in [-0.2, -0.15) is 0 Å². The molecular formula is C16H19N3O3S2. The summed E-state index contributed by atoms with van der Waals surface area (Å²) >= 11 is 1.52. The highest BCUT2D eigenvalue weighted by molar-refractivity contribution is 7.92. The molecule has 0 aliphatic rings. The first-order chi connectivity index (χ1) is 11.2. The molecule has 24 heavy (non-hydrogen) atoms. The van der Waals surface area contributed by atoms with Crippen LogP contribution in [0, 0.1) is 6.92 Å². The summed E-state index contributed by atoms with van der Waals surface area (Å²) in [5.41, 5.74) is 2.01. The van der Waals surface area contributed by atoms with Crippen molar-refractivity contribution in [3.63, 3.8) is 0 Å². The van der Waals surface area contributed by atoms with Crippen molar-refractivity contribution in [1.82, 2.24) is 10.3 Å². The van der Waals surface area contributed by atoms with E-state index in [1.54, 1.807) is 24.3 Å². The average Bonchev–Trinajstić information content (AvgIpc) is 2.89. The van der Waals surface area contributed by atoms with Gasteiger partial charge in [-0.25, -0.2) is 13.4 Å². The van der Waals surface area contributed by atoms with Crippen LogP contribution in [0.5, 0.6) is 0 Å². The van der Waals surface area contributed by atoms with Gasteiger partial charge in [-0.15, -0.1) is 11.3 Å². The average molecular weight is 365 g/mol. The van der Waals surface area contributed by atoms with E-state index in [0.717, 1.165) is 22.5 Å². The second kappa shape index (κ2) is 7.59. The molecule has 1 heterocycles. The van der Waals surface area contributed by atoms with Crippen molar-refractivity contribution in [3.8, 4) is 0 Å². The summed E-state index contributed by atoms with van der Waals surface area (Å²) < 4.78 is 25.0. The minimum atomic E-state index is -3.33. The van der Waals surface area contributed by atoms with Crippen LogP contribution in [0.4, 0.5) is 5.69 Å². The van der Waals surface area contributed by atoms with Gasteiger partial charge < -0.3 is 5.32 Å². The number of aromatic nitrogens is 1. The fraction of sp³-hybridized carbons (Fsp3) is 0.250. The molecule has 2 rings (SSSR count). The zero-order chi connectivity index (χ0) is 17.7. The molecule has 6 nitrogen and oxygen atoms in total. The Labute approximate surface area is 145 Å². The van der Waals surface area contributed by atoms with Gasteiger partial charge in [0.2, 0.25) is 15.9 Å². The van der Waals surface area contributed by atoms with E-state index in [2.05, 4.69) is 15.0 Å². The summed E-state index contributed by atoms with van der Waals surface area (Å²) in [6.45, 7) is 3.74. The fourth-order valence-electron chi connectivity index (χ4n) is 2.05. The number of sulfonamides is 1. The molecule has 2 N–H and O–H groups in total. The van der Waals surface area contributed by atoms with Gasteiger partial charge >= 0.3 is 0 Å². The SMILES string of the molecule is Cc1nc(C=CC(=O)NC(C)c2cccc(NS(C)(=O)=O)c2)cs1. The summed E-state index contributed by atoms with van der Waals surface area (Å²) in [7, 11) is -3.33. The highest BCUT2D eigenvalue weighted by atomic mass is 32.2. The Balaban J connectivity index is 2.01. The number of hydrogen-bond acceptors (Lipinski definition) is 5. The maximum atomic E-state index is 12.0. The van der Waals surface area contributed by atoms with E-state index >= 15 is 0 Å². The van der Waals surface area contributed by atoms with Crippen LogP contribution in [0.25, 0.3) is 6.08 Å². The van der Waals surface area contributed by atoms with E-state index in [1.165, 1.54) is 17.4 Å². The number of rotatable bonds is 6. The van der Waals surface area contributed by atoms with Gasteiger partial charge in [-0.05, 0) is 37.6 Å². The summed E-state index contributed by atoms with van der Waals surface area (Å²) in [6, 6.07) is 6.65. The number of anilines is 1. The van der Waals surface area contributed by atoms with Gasteiger partial charge in [0, 0.05) is 17.1 Å². The van der Waals surface area contributed by atoms with Crippen molar-refractivity contribution < 1.29 is 13.2 Å². The van der Waals surface area contributed by atoms with Crippen LogP contribution in [0.3, 0.4) is 0 Å². The molecule has 1 aromatic carbocycles. The Hall–Kier alpha value is -2.19. The smallest absolute Gasteiger partial charge is 0.244 e. The van der Waals surface area contributed by atoms with E-state index in [9.17, 15) is 13.2 Å². The largest absolute Gasteiger partial charge is 0.346 e. The Morgan fingerprint density at radius 1 is 1.38 bits per heavy atom. The second-order valence-corrected chi connectivity index (χ2v) is 8.17. The van der Waals surface area contributed by atoms with E-state index in [4.69, 9.17) is 0 Å². The standard InChI is InChI=1S/C16H19N3O3S2/c1-11(13-5-4-6-14(9-13)19-24(3,21)22)17-16(20)8-7-15-10-23-12(2)18-15/h4-11,19H,1-3H3,(H,17,20). The summed E-state index contributed by atoms with van der Waals surface area (Å²) in [5.74, 6) is -0.241. The molecule has 0 saturated carbocycles. The fourth-order valence-corrected chi connectivity index (χ4v) is 3.18. The molecule has 0 aliphatic heterocycles. The quantitative estimate of drug-likeness (QED) is 0.771. The van der Waals surface area contributed by atoms with Crippen LogP contribution < -0.4 is 10.0 Å². The molecule has 8 heteroatoms. The van der Waals surface area contributed by atoms with Gasteiger partial charge in [0.1, 0.15) is 0 Å². The molecular weight excluding hydrogens is 346 g/mol. The summed E-state index contributed by atoms with van der Waals surface area (Å²) in [6.07, 6.45) is 4.19. The lowest BCUT2D eigenvalue weighted by Crippen LogP contribution is -2.24. The van der Waals surface area contributed by atoms with E-state index < -0.39 is 10.0 Å². The van der Waals surface area contributed by atoms with E-state index in [-0.39, 0.29) is 11.9 Å². The van der Waals surface area contributed by atoms with Crippen LogP contribution in [0.15, 0.2) is 35.7 Å². The zero-order valence-electron chi connectivity index (χ0n) is 13.6. The topological polar surface area (TPSA) is 88.2 Å². The first-order valence-electron chi connectivity index (χ1n) is 7.21. The minimum absolute atomic E-state index is 0.241. The molecule has 1 amide bonds. The molecule has 0 bridgehead atoms. The van der Waals surface area contributed by atoms with Gasteiger partial charge in [0.05, 0.1) is 23.0 Å². The van der Waals surface area contributed by atoms with Crippen LogP contribution in [-0.2, 0) is 14.8 Å². The lowest BCUT2D eigenvalue weighted by Gasteiger charge is -2.14. The van der Waals surface area contributed by atoms with E-state index in [1.807, 2.05) is 25.3 Å². The number of carbonyl (C=O) groups is 1. The van der Waals surface area contributed by atoms with Crippen molar-refractivity contribution in [2.45, 2.75) is 19.9 Å². The molecule has 1 unspecified atom stereocenters. The number of aryl methyl sites for hydroxylation is 1. The second-order valence-electron chi connectivity index (χ2n) is 5.35. The summed E-state index contributed by atoms with van der Waals surface area (Å²) in [4.78, 5) is 16.2. The number of benzene rings is 1. The van der Waals surface area contributed by atoms with Gasteiger partial charge in [0.25, 0.3) is 0 Å². The van der Waals surface area contributed by atoms with Crippen LogP contribution in [-0.4, -0.2) is 25.6 Å². The Bertz CT molecular complexity index is 857. The van der Waals surface area contributed by atoms with Crippen LogP contribution in [0.1, 0.15) is 29.2 Å². The molecule has 1 aromatic heterocycles.